The molecule has 1 amide bonds. The normalized spacial score (nSPS) is 14.2. The van der Waals surface area contributed by atoms with Gasteiger partial charge >= 0.3 is 0 Å². The molecule has 0 unspecified atom stereocenters. The minimum absolute atomic E-state index is 0. The van der Waals surface area contributed by atoms with Crippen molar-refractivity contribution >= 4 is 41.7 Å². The van der Waals surface area contributed by atoms with E-state index in [1.807, 2.05) is 43.6 Å². The van der Waals surface area contributed by atoms with Crippen molar-refractivity contribution < 1.29 is 4.79 Å². The molecular formula is C22H31IN6O. The SMILES string of the molecule is CN=C(NCCc1cccc(C(=O)N(C)C)c1)N1CCN(c2ccccn2)CC1.I. The molecule has 0 bridgehead atoms. The number of carbonyl (C=O) groups is 1. The van der Waals surface area contributed by atoms with Gasteiger partial charge in [-0.15, -0.1) is 24.0 Å². The molecule has 162 valence electrons. The Labute approximate surface area is 196 Å². The number of nitrogens with zero attached hydrogens (tertiary/aromatic N) is 5. The molecule has 1 aliphatic heterocycles. The second-order valence-corrected chi connectivity index (χ2v) is 7.29. The van der Waals surface area contributed by atoms with Gasteiger partial charge in [0.15, 0.2) is 5.96 Å². The van der Waals surface area contributed by atoms with Crippen molar-refractivity contribution in [1.29, 1.82) is 0 Å². The lowest BCUT2D eigenvalue weighted by Gasteiger charge is -2.37. The third-order valence-electron chi connectivity index (χ3n) is 5.04. The maximum absolute atomic E-state index is 12.1. The van der Waals surface area contributed by atoms with Gasteiger partial charge in [0.05, 0.1) is 0 Å². The second-order valence-electron chi connectivity index (χ2n) is 7.29. The number of aromatic nitrogens is 1. The van der Waals surface area contributed by atoms with Crippen LogP contribution in [-0.4, -0.2) is 80.5 Å². The molecule has 2 heterocycles. The van der Waals surface area contributed by atoms with Crippen LogP contribution in [0, 0.1) is 0 Å². The Balaban J connectivity index is 0.00000320. The van der Waals surface area contributed by atoms with E-state index in [-0.39, 0.29) is 29.9 Å². The molecule has 1 aromatic carbocycles. The monoisotopic (exact) mass is 522 g/mol. The van der Waals surface area contributed by atoms with Gasteiger partial charge in [-0.1, -0.05) is 18.2 Å². The number of guanidine groups is 1. The maximum Gasteiger partial charge on any atom is 0.253 e. The molecule has 1 saturated heterocycles. The average molecular weight is 522 g/mol. The fraction of sp³-hybridized carbons (Fsp3) is 0.409. The predicted octanol–water partition coefficient (Wildman–Crippen LogP) is 2.34. The molecule has 0 spiro atoms. The minimum Gasteiger partial charge on any atom is -0.356 e. The molecule has 1 aromatic heterocycles. The van der Waals surface area contributed by atoms with E-state index >= 15 is 0 Å². The Morgan fingerprint density at radius 1 is 1.13 bits per heavy atom. The number of rotatable bonds is 5. The van der Waals surface area contributed by atoms with Crippen LogP contribution in [0.2, 0.25) is 0 Å². The Kier molecular flexibility index (Phi) is 9.35. The topological polar surface area (TPSA) is 64.1 Å². The zero-order valence-electron chi connectivity index (χ0n) is 17.9. The Morgan fingerprint density at radius 3 is 2.53 bits per heavy atom. The van der Waals surface area contributed by atoms with Gasteiger partial charge in [-0.25, -0.2) is 4.98 Å². The van der Waals surface area contributed by atoms with E-state index in [4.69, 9.17) is 0 Å². The highest BCUT2D eigenvalue weighted by Gasteiger charge is 2.20. The number of hydrogen-bond donors (Lipinski definition) is 1. The lowest BCUT2D eigenvalue weighted by molar-refractivity contribution is 0.0827. The molecule has 0 radical (unpaired) electrons. The van der Waals surface area contributed by atoms with Crippen molar-refractivity contribution in [2.45, 2.75) is 6.42 Å². The van der Waals surface area contributed by atoms with E-state index in [0.717, 1.165) is 62.0 Å². The zero-order valence-corrected chi connectivity index (χ0v) is 20.2. The first-order chi connectivity index (χ1) is 14.1. The van der Waals surface area contributed by atoms with Crippen LogP contribution in [0.25, 0.3) is 0 Å². The molecule has 0 saturated carbocycles. The third kappa shape index (κ3) is 6.32. The molecule has 1 aliphatic rings. The highest BCUT2D eigenvalue weighted by atomic mass is 127. The summed E-state index contributed by atoms with van der Waals surface area (Å²) in [6, 6.07) is 13.9. The van der Waals surface area contributed by atoms with Gasteiger partial charge in [0.2, 0.25) is 0 Å². The van der Waals surface area contributed by atoms with E-state index in [1.165, 1.54) is 0 Å². The van der Waals surface area contributed by atoms with E-state index in [0.29, 0.717) is 0 Å². The van der Waals surface area contributed by atoms with Gasteiger partial charge in [0.25, 0.3) is 5.91 Å². The number of amides is 1. The van der Waals surface area contributed by atoms with Gasteiger partial charge in [-0.05, 0) is 36.2 Å². The van der Waals surface area contributed by atoms with Gasteiger partial charge in [-0.2, -0.15) is 0 Å². The zero-order chi connectivity index (χ0) is 20.6. The number of aliphatic imine (C=N–C) groups is 1. The summed E-state index contributed by atoms with van der Waals surface area (Å²) >= 11 is 0. The minimum atomic E-state index is 0. The number of nitrogens with one attached hydrogen (secondary N) is 1. The van der Waals surface area contributed by atoms with Crippen molar-refractivity contribution in [3.8, 4) is 0 Å². The molecule has 7 nitrogen and oxygen atoms in total. The van der Waals surface area contributed by atoms with Crippen molar-refractivity contribution in [2.75, 3.05) is 58.8 Å². The molecule has 1 fully saturated rings. The van der Waals surface area contributed by atoms with Crippen LogP contribution < -0.4 is 10.2 Å². The fourth-order valence-electron chi connectivity index (χ4n) is 3.46. The van der Waals surface area contributed by atoms with Gasteiger partial charge in [-0.3, -0.25) is 9.79 Å². The average Bonchev–Trinajstić information content (AvgIpc) is 2.77. The summed E-state index contributed by atoms with van der Waals surface area (Å²) in [6.07, 6.45) is 2.67. The van der Waals surface area contributed by atoms with Crippen LogP contribution in [0.3, 0.4) is 0 Å². The Hall–Kier alpha value is -2.36. The van der Waals surface area contributed by atoms with Crippen LogP contribution in [-0.2, 0) is 6.42 Å². The van der Waals surface area contributed by atoms with E-state index in [9.17, 15) is 4.79 Å². The number of hydrogen-bond acceptors (Lipinski definition) is 4. The predicted molar refractivity (Wildman–Crippen MR) is 133 cm³/mol. The number of pyridine rings is 1. The van der Waals surface area contributed by atoms with Crippen molar-refractivity contribution in [3.63, 3.8) is 0 Å². The summed E-state index contributed by atoms with van der Waals surface area (Å²) in [4.78, 5) is 27.2. The lowest BCUT2D eigenvalue weighted by atomic mass is 10.1. The number of benzene rings is 1. The first-order valence-electron chi connectivity index (χ1n) is 10.0. The molecule has 2 aromatic rings. The van der Waals surface area contributed by atoms with Crippen molar-refractivity contribution in [2.24, 2.45) is 4.99 Å². The smallest absolute Gasteiger partial charge is 0.253 e. The van der Waals surface area contributed by atoms with Gasteiger partial charge in [0, 0.05) is 65.6 Å². The second kappa shape index (κ2) is 11.7. The van der Waals surface area contributed by atoms with E-state index < -0.39 is 0 Å². The van der Waals surface area contributed by atoms with Crippen LogP contribution in [0.15, 0.2) is 53.7 Å². The Morgan fingerprint density at radius 2 is 1.90 bits per heavy atom. The summed E-state index contributed by atoms with van der Waals surface area (Å²) in [5, 5.41) is 3.46. The first kappa shape index (κ1) is 23.9. The number of piperazine rings is 1. The first-order valence-corrected chi connectivity index (χ1v) is 10.0. The maximum atomic E-state index is 12.1. The standard InChI is InChI=1S/C22H30N6O.HI/c1-23-22(28-15-13-27(14-16-28)20-9-4-5-11-24-20)25-12-10-18-7-6-8-19(17-18)21(29)26(2)3;/h4-9,11,17H,10,12-16H2,1-3H3,(H,23,25);1H. The Bertz CT molecular complexity index is 835. The van der Waals surface area contributed by atoms with Crippen LogP contribution in [0.5, 0.6) is 0 Å². The largest absolute Gasteiger partial charge is 0.356 e. The number of halogens is 1. The molecule has 30 heavy (non-hydrogen) atoms. The number of carbonyl (C=O) groups excluding carboxylic acids is 1. The molecular weight excluding hydrogens is 491 g/mol. The summed E-state index contributed by atoms with van der Waals surface area (Å²) < 4.78 is 0. The van der Waals surface area contributed by atoms with Crippen LogP contribution in [0.1, 0.15) is 15.9 Å². The molecule has 0 atom stereocenters. The fourth-order valence-corrected chi connectivity index (χ4v) is 3.46. The third-order valence-corrected chi connectivity index (χ3v) is 5.04. The van der Waals surface area contributed by atoms with Crippen molar-refractivity contribution in [3.05, 3.63) is 59.8 Å². The summed E-state index contributed by atoms with van der Waals surface area (Å²) in [6.45, 7) is 4.43. The van der Waals surface area contributed by atoms with E-state index in [1.54, 1.807) is 19.0 Å². The summed E-state index contributed by atoms with van der Waals surface area (Å²) in [5.41, 5.74) is 1.86. The quantitative estimate of drug-likeness (QED) is 0.371. The van der Waals surface area contributed by atoms with Gasteiger partial charge < -0.3 is 20.0 Å². The lowest BCUT2D eigenvalue weighted by Crippen LogP contribution is -2.53. The summed E-state index contributed by atoms with van der Waals surface area (Å²) in [5.74, 6) is 1.98. The molecule has 8 heteroatoms. The molecule has 0 aliphatic carbocycles. The van der Waals surface area contributed by atoms with Gasteiger partial charge in [0.1, 0.15) is 5.82 Å². The molecule has 3 rings (SSSR count). The highest BCUT2D eigenvalue weighted by Crippen LogP contribution is 2.12. The van der Waals surface area contributed by atoms with E-state index in [2.05, 4.69) is 37.2 Å². The van der Waals surface area contributed by atoms with Crippen LogP contribution >= 0.6 is 24.0 Å². The number of anilines is 1. The molecule has 1 N–H and O–H groups in total. The highest BCUT2D eigenvalue weighted by molar-refractivity contribution is 14.0. The van der Waals surface area contributed by atoms with Crippen molar-refractivity contribution in [1.82, 2.24) is 20.1 Å². The van der Waals surface area contributed by atoms with Crippen LogP contribution in [0.4, 0.5) is 5.82 Å². The summed E-state index contributed by atoms with van der Waals surface area (Å²) in [7, 11) is 5.37.